The lowest BCUT2D eigenvalue weighted by atomic mass is 10.1. The Hall–Kier alpha value is -3.37. The van der Waals surface area contributed by atoms with Gasteiger partial charge in [-0.25, -0.2) is 4.39 Å². The van der Waals surface area contributed by atoms with Crippen molar-refractivity contribution in [3.8, 4) is 11.4 Å². The third-order valence-corrected chi connectivity index (χ3v) is 3.58. The molecule has 0 saturated heterocycles. The predicted octanol–water partition coefficient (Wildman–Crippen LogP) is 1.17. The number of benzene rings is 1. The van der Waals surface area contributed by atoms with E-state index in [4.69, 9.17) is 5.73 Å². The molecule has 0 fully saturated rings. The number of phenols is 1. The number of carbonyl (C=O) groups is 2. The number of phenolic OH excluding ortho intramolecular Hbond substituents is 1. The first kappa shape index (κ1) is 16.5. The summed E-state index contributed by atoms with van der Waals surface area (Å²) < 4.78 is 52.6. The number of fused-ring (bicyclic) bond motifs is 1. The Balaban J connectivity index is 2.37. The van der Waals surface area contributed by atoms with Gasteiger partial charge in [-0.15, -0.1) is 0 Å². The van der Waals surface area contributed by atoms with Gasteiger partial charge in [0.25, 0.3) is 17.4 Å². The van der Waals surface area contributed by atoms with Crippen LogP contribution in [0.25, 0.3) is 5.69 Å². The highest BCUT2D eigenvalue weighted by Crippen LogP contribution is 2.41. The average Bonchev–Trinajstić information content (AvgIpc) is 2.74. The van der Waals surface area contributed by atoms with Gasteiger partial charge in [0.1, 0.15) is 17.2 Å². The number of alkyl halides is 3. The van der Waals surface area contributed by atoms with Crippen molar-refractivity contribution in [3.05, 3.63) is 51.1 Å². The van der Waals surface area contributed by atoms with Crippen LogP contribution >= 0.6 is 0 Å². The van der Waals surface area contributed by atoms with E-state index in [9.17, 15) is 37.1 Å². The van der Waals surface area contributed by atoms with Crippen LogP contribution in [0.1, 0.15) is 26.3 Å². The number of amides is 2. The number of nitrogens with zero attached hydrogens (tertiary/aromatic N) is 1. The molecule has 0 radical (unpaired) electrons. The number of imide groups is 1. The number of nitrogen functional groups attached to an aromatic ring is 1. The van der Waals surface area contributed by atoms with Gasteiger partial charge in [-0.05, 0) is 12.1 Å². The van der Waals surface area contributed by atoms with E-state index in [-0.39, 0.29) is 5.56 Å². The van der Waals surface area contributed by atoms with Crippen LogP contribution in [0.2, 0.25) is 0 Å². The SMILES string of the molecule is Nc1c2c(cc(=O)n1-c1ccc(F)c(C(F)(F)F)c1O)C(=O)NC2=O. The maximum atomic E-state index is 13.5. The van der Waals surface area contributed by atoms with Gasteiger partial charge in [-0.2, -0.15) is 13.2 Å². The molecule has 0 saturated carbocycles. The summed E-state index contributed by atoms with van der Waals surface area (Å²) in [6, 6.07) is 1.77. The fourth-order valence-electron chi connectivity index (χ4n) is 2.53. The van der Waals surface area contributed by atoms with Gasteiger partial charge in [-0.3, -0.25) is 24.3 Å². The number of rotatable bonds is 1. The van der Waals surface area contributed by atoms with E-state index in [1.54, 1.807) is 0 Å². The number of pyridine rings is 1. The highest BCUT2D eigenvalue weighted by atomic mass is 19.4. The van der Waals surface area contributed by atoms with Crippen LogP contribution in [-0.4, -0.2) is 21.5 Å². The number of carbonyl (C=O) groups excluding carboxylic acids is 2. The highest BCUT2D eigenvalue weighted by Gasteiger charge is 2.39. The maximum Gasteiger partial charge on any atom is 0.422 e. The Morgan fingerprint density at radius 1 is 1.12 bits per heavy atom. The molecule has 1 aromatic heterocycles. The Morgan fingerprint density at radius 3 is 2.36 bits per heavy atom. The third kappa shape index (κ3) is 2.31. The van der Waals surface area contributed by atoms with Crippen LogP contribution < -0.4 is 16.6 Å². The summed E-state index contributed by atoms with van der Waals surface area (Å²) in [5, 5.41) is 11.7. The smallest absolute Gasteiger partial charge is 0.422 e. The van der Waals surface area contributed by atoms with Crippen molar-refractivity contribution in [1.29, 1.82) is 0 Å². The van der Waals surface area contributed by atoms with Crippen LogP contribution in [0.3, 0.4) is 0 Å². The summed E-state index contributed by atoms with van der Waals surface area (Å²) in [5.74, 6) is -5.85. The number of aromatic hydroxyl groups is 1. The van der Waals surface area contributed by atoms with Crippen molar-refractivity contribution in [3.63, 3.8) is 0 Å². The maximum absolute atomic E-state index is 13.5. The summed E-state index contributed by atoms with van der Waals surface area (Å²) in [5.41, 5.74) is 1.01. The van der Waals surface area contributed by atoms with Crippen molar-refractivity contribution in [2.75, 3.05) is 5.73 Å². The zero-order valence-corrected chi connectivity index (χ0v) is 11.9. The largest absolute Gasteiger partial charge is 0.505 e. The van der Waals surface area contributed by atoms with Crippen molar-refractivity contribution in [2.24, 2.45) is 0 Å². The second-order valence-electron chi connectivity index (χ2n) is 5.06. The normalized spacial score (nSPS) is 13.8. The molecule has 2 amide bonds. The monoisotopic (exact) mass is 357 g/mol. The number of aromatic nitrogens is 1. The molecule has 2 heterocycles. The van der Waals surface area contributed by atoms with E-state index < -0.39 is 57.7 Å². The minimum Gasteiger partial charge on any atom is -0.505 e. The van der Waals surface area contributed by atoms with E-state index in [0.29, 0.717) is 22.8 Å². The molecule has 0 spiro atoms. The zero-order chi connectivity index (χ0) is 18.7. The van der Waals surface area contributed by atoms with Crippen molar-refractivity contribution in [1.82, 2.24) is 9.88 Å². The number of halogens is 4. The standard InChI is InChI=1S/C14H7F4N3O4/c15-5-1-2-6(10(23)9(5)14(16,17)18)21-7(22)3-4-8(11(21)19)13(25)20-12(4)24/h1-3,23H,19H2,(H,20,24,25). The molecule has 4 N–H and O–H groups in total. The van der Waals surface area contributed by atoms with E-state index in [2.05, 4.69) is 0 Å². The molecule has 7 nitrogen and oxygen atoms in total. The summed E-state index contributed by atoms with van der Waals surface area (Å²) in [7, 11) is 0. The molecule has 3 rings (SSSR count). The van der Waals surface area contributed by atoms with E-state index in [1.165, 1.54) is 0 Å². The quantitative estimate of drug-likeness (QED) is 0.524. The van der Waals surface area contributed by atoms with Gasteiger partial charge in [-0.1, -0.05) is 0 Å². The summed E-state index contributed by atoms with van der Waals surface area (Å²) in [6.45, 7) is 0. The van der Waals surface area contributed by atoms with Gasteiger partial charge in [0.15, 0.2) is 5.75 Å². The minimum absolute atomic E-state index is 0.346. The lowest BCUT2D eigenvalue weighted by Gasteiger charge is -2.17. The van der Waals surface area contributed by atoms with Crippen LogP contribution in [0.4, 0.5) is 23.4 Å². The van der Waals surface area contributed by atoms with E-state index in [1.807, 2.05) is 5.32 Å². The Labute approximate surface area is 135 Å². The minimum atomic E-state index is -5.24. The molecule has 1 aliphatic rings. The number of nitrogens with one attached hydrogen (secondary N) is 1. The van der Waals surface area contributed by atoms with Gasteiger partial charge in [0, 0.05) is 6.07 Å². The van der Waals surface area contributed by atoms with Gasteiger partial charge >= 0.3 is 6.18 Å². The molecular weight excluding hydrogens is 350 g/mol. The molecule has 0 unspecified atom stereocenters. The second kappa shape index (κ2) is 5.06. The fourth-order valence-corrected chi connectivity index (χ4v) is 2.53. The third-order valence-electron chi connectivity index (χ3n) is 3.58. The number of nitrogens with two attached hydrogens (primary N) is 1. The average molecular weight is 357 g/mol. The molecule has 0 bridgehead atoms. The molecule has 2 aromatic rings. The molecule has 1 aromatic carbocycles. The molecule has 0 aliphatic carbocycles. The topological polar surface area (TPSA) is 114 Å². The van der Waals surface area contributed by atoms with Crippen LogP contribution in [-0.2, 0) is 6.18 Å². The first-order chi connectivity index (χ1) is 11.5. The molecule has 1 aliphatic heterocycles. The van der Waals surface area contributed by atoms with Crippen LogP contribution in [0, 0.1) is 5.82 Å². The number of anilines is 1. The lowest BCUT2D eigenvalue weighted by Crippen LogP contribution is -2.24. The fraction of sp³-hybridized carbons (Fsp3) is 0.0714. The molecular formula is C14H7F4N3O4. The predicted molar refractivity (Wildman–Crippen MR) is 74.9 cm³/mol. The van der Waals surface area contributed by atoms with Crippen LogP contribution in [0.15, 0.2) is 23.0 Å². The molecule has 130 valence electrons. The van der Waals surface area contributed by atoms with Crippen molar-refractivity contribution >= 4 is 17.6 Å². The molecule has 25 heavy (non-hydrogen) atoms. The Kier molecular flexibility index (Phi) is 3.34. The summed E-state index contributed by atoms with van der Waals surface area (Å²) in [6.07, 6.45) is -5.24. The number of hydrogen-bond donors (Lipinski definition) is 3. The highest BCUT2D eigenvalue weighted by molar-refractivity contribution is 6.23. The second-order valence-corrected chi connectivity index (χ2v) is 5.06. The van der Waals surface area contributed by atoms with Crippen molar-refractivity contribution in [2.45, 2.75) is 6.18 Å². The number of hydrogen-bond acceptors (Lipinski definition) is 5. The van der Waals surface area contributed by atoms with Crippen molar-refractivity contribution < 1.29 is 32.3 Å². The van der Waals surface area contributed by atoms with E-state index >= 15 is 0 Å². The lowest BCUT2D eigenvalue weighted by molar-refractivity contribution is -0.141. The Bertz CT molecular complexity index is 1010. The zero-order valence-electron chi connectivity index (χ0n) is 11.9. The Morgan fingerprint density at radius 2 is 1.76 bits per heavy atom. The first-order valence-corrected chi connectivity index (χ1v) is 6.54. The van der Waals surface area contributed by atoms with E-state index in [0.717, 1.165) is 0 Å². The molecule has 0 atom stereocenters. The van der Waals surface area contributed by atoms with Gasteiger partial charge < -0.3 is 10.8 Å². The summed E-state index contributed by atoms with van der Waals surface area (Å²) in [4.78, 5) is 35.4. The summed E-state index contributed by atoms with van der Waals surface area (Å²) >= 11 is 0. The van der Waals surface area contributed by atoms with Crippen LogP contribution in [0.5, 0.6) is 5.75 Å². The first-order valence-electron chi connectivity index (χ1n) is 6.54. The van der Waals surface area contributed by atoms with Gasteiger partial charge in [0.05, 0.1) is 16.8 Å². The molecule has 11 heteroatoms. The van der Waals surface area contributed by atoms with Gasteiger partial charge in [0.2, 0.25) is 0 Å².